The lowest BCUT2D eigenvalue weighted by Gasteiger charge is -2.03. The Bertz CT molecular complexity index is 452. The van der Waals surface area contributed by atoms with Crippen LogP contribution in [0.15, 0.2) is 35.7 Å². The van der Waals surface area contributed by atoms with E-state index in [0.717, 1.165) is 10.4 Å². The predicted molar refractivity (Wildman–Crippen MR) is 62.9 cm³/mol. The van der Waals surface area contributed by atoms with Gasteiger partial charge in [0, 0.05) is 17.0 Å². The average Bonchev–Trinajstić information content (AvgIpc) is 2.76. The predicted octanol–water partition coefficient (Wildman–Crippen LogP) is 2.92. The van der Waals surface area contributed by atoms with E-state index in [1.54, 1.807) is 23.5 Å². The van der Waals surface area contributed by atoms with E-state index in [9.17, 15) is 4.39 Å². The SMILES string of the molecule is NCc1cc(COc2ccc(F)cc2)cs1. The highest BCUT2D eigenvalue weighted by Crippen LogP contribution is 2.17. The van der Waals surface area contributed by atoms with Crippen LogP contribution in [0.2, 0.25) is 0 Å². The number of rotatable bonds is 4. The van der Waals surface area contributed by atoms with E-state index >= 15 is 0 Å². The molecule has 2 nitrogen and oxygen atoms in total. The van der Waals surface area contributed by atoms with Gasteiger partial charge < -0.3 is 10.5 Å². The molecule has 1 aromatic heterocycles. The summed E-state index contributed by atoms with van der Waals surface area (Å²) in [5, 5.41) is 2.02. The van der Waals surface area contributed by atoms with E-state index in [-0.39, 0.29) is 5.82 Å². The standard InChI is InChI=1S/C12H12FNOS/c13-10-1-3-11(4-2-10)15-7-9-5-12(6-14)16-8-9/h1-5,8H,6-7,14H2. The minimum absolute atomic E-state index is 0.256. The van der Waals surface area contributed by atoms with Crippen LogP contribution in [0.25, 0.3) is 0 Å². The van der Waals surface area contributed by atoms with Crippen LogP contribution in [-0.2, 0) is 13.2 Å². The Morgan fingerprint density at radius 3 is 2.62 bits per heavy atom. The molecular formula is C12H12FNOS. The first kappa shape index (κ1) is 11.1. The summed E-state index contributed by atoms with van der Waals surface area (Å²) in [5.41, 5.74) is 6.61. The second kappa shape index (κ2) is 5.09. The zero-order valence-electron chi connectivity index (χ0n) is 8.65. The normalized spacial score (nSPS) is 10.4. The molecule has 1 aromatic carbocycles. The number of benzene rings is 1. The summed E-state index contributed by atoms with van der Waals surface area (Å²) in [5.74, 6) is 0.412. The number of halogens is 1. The van der Waals surface area contributed by atoms with Crippen LogP contribution in [0, 0.1) is 5.82 Å². The number of nitrogens with two attached hydrogens (primary N) is 1. The highest BCUT2D eigenvalue weighted by atomic mass is 32.1. The van der Waals surface area contributed by atoms with Crippen molar-refractivity contribution < 1.29 is 9.13 Å². The Morgan fingerprint density at radius 2 is 2.00 bits per heavy atom. The number of hydrogen-bond acceptors (Lipinski definition) is 3. The van der Waals surface area contributed by atoms with Crippen LogP contribution < -0.4 is 10.5 Å². The fourth-order valence-electron chi connectivity index (χ4n) is 1.31. The monoisotopic (exact) mass is 237 g/mol. The van der Waals surface area contributed by atoms with Crippen LogP contribution in [0.1, 0.15) is 10.4 Å². The van der Waals surface area contributed by atoms with Crippen molar-refractivity contribution in [2.24, 2.45) is 5.73 Å². The van der Waals surface area contributed by atoms with Crippen molar-refractivity contribution in [1.29, 1.82) is 0 Å². The van der Waals surface area contributed by atoms with Crippen molar-refractivity contribution in [3.8, 4) is 5.75 Å². The third-order valence-corrected chi connectivity index (χ3v) is 3.14. The number of thiophene rings is 1. The minimum atomic E-state index is -0.256. The molecule has 0 amide bonds. The molecule has 2 aromatic rings. The van der Waals surface area contributed by atoms with E-state index in [0.29, 0.717) is 18.9 Å². The first-order valence-corrected chi connectivity index (χ1v) is 5.80. The average molecular weight is 237 g/mol. The third-order valence-electron chi connectivity index (χ3n) is 2.13. The molecule has 0 aliphatic rings. The van der Waals surface area contributed by atoms with Gasteiger partial charge in [0.05, 0.1) is 0 Å². The number of ether oxygens (including phenoxy) is 1. The van der Waals surface area contributed by atoms with Gasteiger partial charge >= 0.3 is 0 Å². The van der Waals surface area contributed by atoms with Gasteiger partial charge in [-0.3, -0.25) is 0 Å². The van der Waals surface area contributed by atoms with E-state index in [2.05, 4.69) is 0 Å². The molecule has 0 saturated carbocycles. The minimum Gasteiger partial charge on any atom is -0.489 e. The molecule has 84 valence electrons. The first-order valence-electron chi connectivity index (χ1n) is 4.92. The lowest BCUT2D eigenvalue weighted by molar-refractivity contribution is 0.306. The molecule has 2 rings (SSSR count). The van der Waals surface area contributed by atoms with E-state index < -0.39 is 0 Å². The Hall–Kier alpha value is -1.39. The van der Waals surface area contributed by atoms with Crippen molar-refractivity contribution >= 4 is 11.3 Å². The maximum Gasteiger partial charge on any atom is 0.123 e. The zero-order chi connectivity index (χ0) is 11.4. The smallest absolute Gasteiger partial charge is 0.123 e. The van der Waals surface area contributed by atoms with Crippen LogP contribution in [-0.4, -0.2) is 0 Å². The Morgan fingerprint density at radius 1 is 1.25 bits per heavy atom. The van der Waals surface area contributed by atoms with Gasteiger partial charge in [-0.25, -0.2) is 4.39 Å². The summed E-state index contributed by atoms with van der Waals surface area (Å²) < 4.78 is 18.1. The summed E-state index contributed by atoms with van der Waals surface area (Å²) in [6.45, 7) is 1.04. The van der Waals surface area contributed by atoms with Crippen molar-refractivity contribution in [2.45, 2.75) is 13.2 Å². The van der Waals surface area contributed by atoms with Crippen molar-refractivity contribution in [1.82, 2.24) is 0 Å². The molecule has 0 unspecified atom stereocenters. The quantitative estimate of drug-likeness (QED) is 0.887. The van der Waals surface area contributed by atoms with Crippen molar-refractivity contribution in [3.63, 3.8) is 0 Å². The molecule has 1 heterocycles. The van der Waals surface area contributed by atoms with Crippen LogP contribution in [0.4, 0.5) is 4.39 Å². The summed E-state index contributed by atoms with van der Waals surface area (Å²) in [6.07, 6.45) is 0. The topological polar surface area (TPSA) is 35.2 Å². The molecule has 0 atom stereocenters. The maximum atomic E-state index is 12.6. The molecule has 0 spiro atoms. The molecule has 0 fully saturated rings. The molecule has 0 aliphatic carbocycles. The van der Waals surface area contributed by atoms with E-state index in [4.69, 9.17) is 10.5 Å². The van der Waals surface area contributed by atoms with Crippen LogP contribution in [0.5, 0.6) is 5.75 Å². The third kappa shape index (κ3) is 2.81. The lowest BCUT2D eigenvalue weighted by Crippen LogP contribution is -1.95. The van der Waals surface area contributed by atoms with Crippen molar-refractivity contribution in [3.05, 3.63) is 52.0 Å². The molecule has 2 N–H and O–H groups in total. The van der Waals surface area contributed by atoms with Gasteiger partial charge in [-0.1, -0.05) is 0 Å². The molecule has 4 heteroatoms. The highest BCUT2D eigenvalue weighted by molar-refractivity contribution is 7.10. The molecule has 0 bridgehead atoms. The van der Waals surface area contributed by atoms with Gasteiger partial charge in [0.1, 0.15) is 18.2 Å². The fraction of sp³-hybridized carbons (Fsp3) is 0.167. The van der Waals surface area contributed by atoms with Gasteiger partial charge in [-0.05, 0) is 35.7 Å². The van der Waals surface area contributed by atoms with Crippen LogP contribution in [0.3, 0.4) is 0 Å². The van der Waals surface area contributed by atoms with Crippen molar-refractivity contribution in [2.75, 3.05) is 0 Å². The van der Waals surface area contributed by atoms with Gasteiger partial charge in [0.2, 0.25) is 0 Å². The Balaban J connectivity index is 1.94. The lowest BCUT2D eigenvalue weighted by atomic mass is 10.3. The van der Waals surface area contributed by atoms with Gasteiger partial charge in [0.15, 0.2) is 0 Å². The largest absolute Gasteiger partial charge is 0.489 e. The molecular weight excluding hydrogens is 225 g/mol. The van der Waals surface area contributed by atoms with Gasteiger partial charge in [0.25, 0.3) is 0 Å². The summed E-state index contributed by atoms with van der Waals surface area (Å²) in [7, 11) is 0. The fourth-order valence-corrected chi connectivity index (χ4v) is 2.06. The molecule has 0 radical (unpaired) electrons. The van der Waals surface area contributed by atoms with E-state index in [1.165, 1.54) is 12.1 Å². The van der Waals surface area contributed by atoms with Gasteiger partial charge in [-0.2, -0.15) is 0 Å². The first-order chi connectivity index (χ1) is 7.78. The molecule has 16 heavy (non-hydrogen) atoms. The highest BCUT2D eigenvalue weighted by Gasteiger charge is 2.00. The van der Waals surface area contributed by atoms with Gasteiger partial charge in [-0.15, -0.1) is 11.3 Å². The zero-order valence-corrected chi connectivity index (χ0v) is 9.47. The Kier molecular flexibility index (Phi) is 3.54. The van der Waals surface area contributed by atoms with Crippen LogP contribution >= 0.6 is 11.3 Å². The number of hydrogen-bond donors (Lipinski definition) is 1. The maximum absolute atomic E-state index is 12.6. The summed E-state index contributed by atoms with van der Waals surface area (Å²) >= 11 is 1.62. The molecule has 0 saturated heterocycles. The summed E-state index contributed by atoms with van der Waals surface area (Å²) in [6, 6.07) is 8.02. The summed E-state index contributed by atoms with van der Waals surface area (Å²) in [4.78, 5) is 1.14. The second-order valence-corrected chi connectivity index (χ2v) is 4.36. The second-order valence-electron chi connectivity index (χ2n) is 3.37. The molecule has 0 aliphatic heterocycles. The Labute approximate surface area is 97.5 Å². The van der Waals surface area contributed by atoms with E-state index in [1.807, 2.05) is 11.4 Å².